The highest BCUT2D eigenvalue weighted by atomic mass is 32.2. The number of nitriles is 1. The first kappa shape index (κ1) is 20.9. The van der Waals surface area contributed by atoms with Crippen LogP contribution in [0.1, 0.15) is 11.1 Å². The van der Waals surface area contributed by atoms with E-state index in [0.29, 0.717) is 37.6 Å². The van der Waals surface area contributed by atoms with Crippen LogP contribution in [0.4, 0.5) is 5.69 Å². The average molecular weight is 430 g/mol. The van der Waals surface area contributed by atoms with Crippen molar-refractivity contribution in [1.29, 1.82) is 5.26 Å². The zero-order chi connectivity index (χ0) is 20.7. The van der Waals surface area contributed by atoms with Gasteiger partial charge in [0.2, 0.25) is 10.0 Å². The van der Waals surface area contributed by atoms with Gasteiger partial charge in [-0.25, -0.2) is 8.42 Å². The van der Waals surface area contributed by atoms with Crippen LogP contribution in [0.25, 0.3) is 0 Å². The Balaban J connectivity index is 1.55. The number of benzene rings is 2. The first-order valence-corrected chi connectivity index (χ1v) is 10.6. The maximum Gasteiger partial charge on any atom is 0.243 e. The molecule has 8 nitrogen and oxygen atoms in total. The van der Waals surface area contributed by atoms with Crippen LogP contribution in [0.5, 0.6) is 0 Å². The molecule has 0 amide bonds. The minimum Gasteiger partial charge on any atom is -0.379 e. The van der Waals surface area contributed by atoms with E-state index in [2.05, 4.69) is 21.9 Å². The van der Waals surface area contributed by atoms with Crippen molar-refractivity contribution in [2.75, 3.05) is 31.6 Å². The maximum absolute atomic E-state index is 12.6. The van der Waals surface area contributed by atoms with Gasteiger partial charge in [-0.2, -0.15) is 14.7 Å². The molecule has 2 aromatic rings. The highest BCUT2D eigenvalue weighted by Crippen LogP contribution is 2.19. The van der Waals surface area contributed by atoms with Gasteiger partial charge in [0.1, 0.15) is 0 Å². The number of nitrogens with zero attached hydrogens (tertiary/aromatic N) is 3. The molecular formula is C19H19N5O3S2. The second-order valence-electron chi connectivity index (χ2n) is 6.10. The van der Waals surface area contributed by atoms with Gasteiger partial charge < -0.3 is 10.1 Å². The third-order valence-corrected chi connectivity index (χ3v) is 6.25. The minimum absolute atomic E-state index is 0.225. The Bertz CT molecular complexity index is 1020. The summed E-state index contributed by atoms with van der Waals surface area (Å²) in [6.45, 7) is 1.52. The first-order chi connectivity index (χ1) is 14.0. The fraction of sp³-hybridized carbons (Fsp3) is 0.211. The van der Waals surface area contributed by atoms with Gasteiger partial charge in [-0.05, 0) is 54.2 Å². The molecule has 1 aliphatic heterocycles. The van der Waals surface area contributed by atoms with Gasteiger partial charge in [0.15, 0.2) is 5.11 Å². The van der Waals surface area contributed by atoms with E-state index in [-0.39, 0.29) is 10.0 Å². The maximum atomic E-state index is 12.6. The molecule has 1 fully saturated rings. The molecule has 0 aromatic heterocycles. The van der Waals surface area contributed by atoms with Crippen LogP contribution in [0.15, 0.2) is 58.5 Å². The normalized spacial score (nSPS) is 15.0. The molecular weight excluding hydrogens is 410 g/mol. The summed E-state index contributed by atoms with van der Waals surface area (Å²) in [4.78, 5) is 0.225. The molecule has 0 unspecified atom stereocenters. The van der Waals surface area contributed by atoms with Gasteiger partial charge in [-0.15, -0.1) is 0 Å². The van der Waals surface area contributed by atoms with E-state index >= 15 is 0 Å². The smallest absolute Gasteiger partial charge is 0.243 e. The number of nitrogens with one attached hydrogen (secondary N) is 2. The van der Waals surface area contributed by atoms with Crippen molar-refractivity contribution in [1.82, 2.24) is 9.73 Å². The Labute approximate surface area is 174 Å². The Morgan fingerprint density at radius 1 is 1.14 bits per heavy atom. The van der Waals surface area contributed by atoms with Crippen LogP contribution < -0.4 is 10.7 Å². The Hall–Kier alpha value is -2.84. The molecule has 10 heteroatoms. The van der Waals surface area contributed by atoms with Gasteiger partial charge in [0.25, 0.3) is 0 Å². The van der Waals surface area contributed by atoms with Crippen LogP contribution in [0.2, 0.25) is 0 Å². The van der Waals surface area contributed by atoms with Crippen LogP contribution in [0.3, 0.4) is 0 Å². The van der Waals surface area contributed by atoms with Crippen LogP contribution in [-0.2, 0) is 14.8 Å². The molecule has 0 saturated carbocycles. The van der Waals surface area contributed by atoms with Gasteiger partial charge in [0.05, 0.1) is 36.0 Å². The SMILES string of the molecule is N#Cc1ccc(/C=N\NC(=S)Nc2ccc(S(=O)(=O)N3CCOCC3)cc2)cc1. The average Bonchev–Trinajstić information content (AvgIpc) is 2.75. The van der Waals surface area contributed by atoms with Gasteiger partial charge in [0, 0.05) is 18.8 Å². The summed E-state index contributed by atoms with van der Waals surface area (Å²) in [6.07, 6.45) is 1.58. The molecule has 3 rings (SSSR count). The quantitative estimate of drug-likeness (QED) is 0.425. The summed E-state index contributed by atoms with van der Waals surface area (Å²) in [5.74, 6) is 0. The molecule has 0 aliphatic carbocycles. The molecule has 0 bridgehead atoms. The third-order valence-electron chi connectivity index (χ3n) is 4.14. The lowest BCUT2D eigenvalue weighted by molar-refractivity contribution is 0.0730. The van der Waals surface area contributed by atoms with Crippen molar-refractivity contribution in [2.45, 2.75) is 4.90 Å². The van der Waals surface area contributed by atoms with Crippen molar-refractivity contribution in [3.63, 3.8) is 0 Å². The Kier molecular flexibility index (Phi) is 6.90. The molecule has 150 valence electrons. The van der Waals surface area contributed by atoms with Gasteiger partial charge >= 0.3 is 0 Å². The van der Waals surface area contributed by atoms with Crippen LogP contribution in [-0.4, -0.2) is 50.4 Å². The summed E-state index contributed by atoms with van der Waals surface area (Å²) in [5, 5.41) is 16.0. The largest absolute Gasteiger partial charge is 0.379 e. The number of anilines is 1. The van der Waals surface area contributed by atoms with E-state index in [0.717, 1.165) is 5.56 Å². The van der Waals surface area contributed by atoms with Gasteiger partial charge in [-0.3, -0.25) is 5.43 Å². The van der Waals surface area contributed by atoms with Crippen molar-refractivity contribution < 1.29 is 13.2 Å². The van der Waals surface area contributed by atoms with Crippen molar-refractivity contribution in [3.05, 3.63) is 59.7 Å². The number of hydrogen-bond donors (Lipinski definition) is 2. The van der Waals surface area contributed by atoms with Crippen molar-refractivity contribution in [2.24, 2.45) is 5.10 Å². The molecule has 1 saturated heterocycles. The standard InChI is InChI=1S/C19H19N5O3S2/c20-13-15-1-3-16(4-2-15)14-21-23-19(28)22-17-5-7-18(8-6-17)29(25,26)24-9-11-27-12-10-24/h1-8,14H,9-12H2,(H2,22,23,28)/b21-14-. The molecule has 2 aromatic carbocycles. The molecule has 1 aliphatic rings. The number of thiocarbonyl (C=S) groups is 1. The molecule has 0 spiro atoms. The minimum atomic E-state index is -3.52. The summed E-state index contributed by atoms with van der Waals surface area (Å²) in [6, 6.07) is 15.4. The summed E-state index contributed by atoms with van der Waals surface area (Å²) in [7, 11) is -3.52. The van der Waals surface area contributed by atoms with E-state index in [1.807, 2.05) is 0 Å². The van der Waals surface area contributed by atoms with E-state index in [1.54, 1.807) is 42.6 Å². The number of morpholine rings is 1. The lowest BCUT2D eigenvalue weighted by Gasteiger charge is -2.26. The Morgan fingerprint density at radius 3 is 2.41 bits per heavy atom. The molecule has 2 N–H and O–H groups in total. The monoisotopic (exact) mass is 429 g/mol. The lowest BCUT2D eigenvalue weighted by Crippen LogP contribution is -2.40. The second-order valence-corrected chi connectivity index (χ2v) is 8.44. The fourth-order valence-electron chi connectivity index (χ4n) is 2.61. The highest BCUT2D eigenvalue weighted by molar-refractivity contribution is 7.89. The zero-order valence-electron chi connectivity index (χ0n) is 15.4. The molecule has 0 atom stereocenters. The number of sulfonamides is 1. The summed E-state index contributed by atoms with van der Waals surface area (Å²) in [5.41, 5.74) is 4.72. The molecule has 29 heavy (non-hydrogen) atoms. The molecule has 0 radical (unpaired) electrons. The fourth-order valence-corrected chi connectivity index (χ4v) is 4.19. The van der Waals surface area contributed by atoms with E-state index in [4.69, 9.17) is 22.2 Å². The Morgan fingerprint density at radius 2 is 1.79 bits per heavy atom. The van der Waals surface area contributed by atoms with Crippen molar-refractivity contribution in [3.8, 4) is 6.07 Å². The van der Waals surface area contributed by atoms with Crippen molar-refractivity contribution >= 4 is 39.3 Å². The van der Waals surface area contributed by atoms with E-state index in [1.165, 1.54) is 16.4 Å². The number of rotatable bonds is 5. The second kappa shape index (κ2) is 9.58. The molecule has 1 heterocycles. The number of hydrogen-bond acceptors (Lipinski definition) is 6. The van der Waals surface area contributed by atoms with E-state index < -0.39 is 10.0 Å². The van der Waals surface area contributed by atoms with Crippen LogP contribution in [0, 0.1) is 11.3 Å². The topological polar surface area (TPSA) is 107 Å². The predicted octanol–water partition coefficient (Wildman–Crippen LogP) is 1.90. The highest BCUT2D eigenvalue weighted by Gasteiger charge is 2.26. The van der Waals surface area contributed by atoms with E-state index in [9.17, 15) is 8.42 Å². The van der Waals surface area contributed by atoms with Gasteiger partial charge in [-0.1, -0.05) is 12.1 Å². The predicted molar refractivity (Wildman–Crippen MR) is 114 cm³/mol. The zero-order valence-corrected chi connectivity index (χ0v) is 17.0. The lowest BCUT2D eigenvalue weighted by atomic mass is 10.2. The third kappa shape index (κ3) is 5.58. The first-order valence-electron chi connectivity index (χ1n) is 8.77. The summed E-state index contributed by atoms with van der Waals surface area (Å²) < 4.78 is 31.8. The summed E-state index contributed by atoms with van der Waals surface area (Å²) >= 11 is 5.18. The number of ether oxygens (including phenoxy) is 1. The van der Waals surface area contributed by atoms with Crippen LogP contribution >= 0.6 is 12.2 Å². The number of hydrazone groups is 1.